The van der Waals surface area contributed by atoms with Crippen LogP contribution < -0.4 is 5.32 Å². The smallest absolute Gasteiger partial charge is 0.337 e. The number of hydrogen-bond donors (Lipinski definition) is 1. The van der Waals surface area contributed by atoms with E-state index in [9.17, 15) is 18.0 Å². The SMILES string of the molecule is CCCN(CCC(=O)Nc1cccc(C(=O)OC)c1)S(C)(=O)=O. The number of amides is 1. The number of sulfonamides is 1. The van der Waals surface area contributed by atoms with Crippen molar-refractivity contribution in [2.45, 2.75) is 19.8 Å². The third kappa shape index (κ3) is 6.37. The van der Waals surface area contributed by atoms with E-state index in [2.05, 4.69) is 10.1 Å². The zero-order valence-corrected chi connectivity index (χ0v) is 14.4. The number of methoxy groups -OCH3 is 1. The van der Waals surface area contributed by atoms with Crippen LogP contribution in [-0.2, 0) is 19.6 Å². The minimum atomic E-state index is -3.32. The van der Waals surface area contributed by atoms with Crippen LogP contribution in [0, 0.1) is 0 Å². The molecule has 0 spiro atoms. The molecule has 0 aliphatic rings. The van der Waals surface area contributed by atoms with Gasteiger partial charge in [0.1, 0.15) is 0 Å². The second kappa shape index (κ2) is 8.64. The maximum Gasteiger partial charge on any atom is 0.337 e. The summed E-state index contributed by atoms with van der Waals surface area (Å²) >= 11 is 0. The van der Waals surface area contributed by atoms with E-state index in [-0.39, 0.29) is 18.9 Å². The molecule has 0 heterocycles. The monoisotopic (exact) mass is 342 g/mol. The van der Waals surface area contributed by atoms with Crippen LogP contribution >= 0.6 is 0 Å². The molecule has 0 aliphatic heterocycles. The van der Waals surface area contributed by atoms with Crippen molar-refractivity contribution in [1.82, 2.24) is 4.31 Å². The lowest BCUT2D eigenvalue weighted by atomic mass is 10.2. The Hall–Kier alpha value is -1.93. The van der Waals surface area contributed by atoms with Crippen molar-refractivity contribution in [2.24, 2.45) is 0 Å². The summed E-state index contributed by atoms with van der Waals surface area (Å²) in [7, 11) is -2.05. The number of anilines is 1. The number of nitrogens with zero attached hydrogens (tertiary/aromatic N) is 1. The molecular weight excluding hydrogens is 320 g/mol. The number of carbonyl (C=O) groups is 2. The minimum Gasteiger partial charge on any atom is -0.465 e. The van der Waals surface area contributed by atoms with Gasteiger partial charge in [-0.1, -0.05) is 13.0 Å². The Bertz CT molecular complexity index is 658. The molecule has 1 aromatic rings. The Kier molecular flexibility index (Phi) is 7.18. The van der Waals surface area contributed by atoms with Crippen molar-refractivity contribution in [3.05, 3.63) is 29.8 Å². The van der Waals surface area contributed by atoms with Crippen LogP contribution in [0.4, 0.5) is 5.69 Å². The Morgan fingerprint density at radius 2 is 1.96 bits per heavy atom. The van der Waals surface area contributed by atoms with Gasteiger partial charge in [0.05, 0.1) is 18.9 Å². The first kappa shape index (κ1) is 19.1. The highest BCUT2D eigenvalue weighted by molar-refractivity contribution is 7.88. The average Bonchev–Trinajstić information content (AvgIpc) is 2.49. The first-order valence-corrected chi connectivity index (χ1v) is 9.06. The van der Waals surface area contributed by atoms with E-state index in [1.807, 2.05) is 6.92 Å². The highest BCUT2D eigenvalue weighted by atomic mass is 32.2. The van der Waals surface area contributed by atoms with Gasteiger partial charge in [-0.2, -0.15) is 0 Å². The Labute approximate surface area is 136 Å². The fourth-order valence-electron chi connectivity index (χ4n) is 1.98. The number of esters is 1. The minimum absolute atomic E-state index is 0.0372. The van der Waals surface area contributed by atoms with Crippen molar-refractivity contribution in [2.75, 3.05) is 31.8 Å². The molecule has 8 heteroatoms. The van der Waals surface area contributed by atoms with E-state index in [0.29, 0.717) is 24.2 Å². The molecule has 0 radical (unpaired) electrons. The number of carbonyl (C=O) groups excluding carboxylic acids is 2. The molecule has 0 aliphatic carbocycles. The summed E-state index contributed by atoms with van der Waals surface area (Å²) in [5.74, 6) is -0.816. The number of benzene rings is 1. The quantitative estimate of drug-likeness (QED) is 0.722. The average molecular weight is 342 g/mol. The Morgan fingerprint density at radius 1 is 1.26 bits per heavy atom. The summed E-state index contributed by atoms with van der Waals surface area (Å²) in [5.41, 5.74) is 0.786. The molecule has 0 saturated carbocycles. The molecule has 0 unspecified atom stereocenters. The second-order valence-corrected chi connectivity index (χ2v) is 7.02. The normalized spacial score (nSPS) is 11.3. The topological polar surface area (TPSA) is 92.8 Å². The predicted molar refractivity (Wildman–Crippen MR) is 87.7 cm³/mol. The van der Waals surface area contributed by atoms with Crippen LogP contribution in [-0.4, -0.2) is 51.1 Å². The molecule has 23 heavy (non-hydrogen) atoms. The van der Waals surface area contributed by atoms with Gasteiger partial charge in [-0.25, -0.2) is 17.5 Å². The predicted octanol–water partition coefficient (Wildman–Crippen LogP) is 1.47. The van der Waals surface area contributed by atoms with Crippen LogP contribution in [0.5, 0.6) is 0 Å². The number of nitrogens with one attached hydrogen (secondary N) is 1. The fourth-order valence-corrected chi connectivity index (χ4v) is 2.92. The fraction of sp³-hybridized carbons (Fsp3) is 0.467. The van der Waals surface area contributed by atoms with Gasteiger partial charge in [0.2, 0.25) is 15.9 Å². The Balaban J connectivity index is 2.65. The van der Waals surface area contributed by atoms with E-state index in [4.69, 9.17) is 0 Å². The van der Waals surface area contributed by atoms with Gasteiger partial charge in [0.15, 0.2) is 0 Å². The van der Waals surface area contributed by atoms with Gasteiger partial charge in [-0.3, -0.25) is 4.79 Å². The third-order valence-electron chi connectivity index (χ3n) is 3.10. The highest BCUT2D eigenvalue weighted by Gasteiger charge is 2.17. The van der Waals surface area contributed by atoms with Gasteiger partial charge in [-0.05, 0) is 24.6 Å². The first-order valence-electron chi connectivity index (χ1n) is 7.21. The molecule has 0 atom stereocenters. The molecule has 1 N–H and O–H groups in total. The van der Waals surface area contributed by atoms with Gasteiger partial charge < -0.3 is 10.1 Å². The number of hydrogen-bond acceptors (Lipinski definition) is 5. The largest absolute Gasteiger partial charge is 0.465 e. The summed E-state index contributed by atoms with van der Waals surface area (Å²) in [6.45, 7) is 2.37. The van der Waals surface area contributed by atoms with E-state index in [0.717, 1.165) is 6.26 Å². The second-order valence-electron chi connectivity index (χ2n) is 5.03. The Morgan fingerprint density at radius 3 is 2.52 bits per heavy atom. The maximum atomic E-state index is 12.0. The summed E-state index contributed by atoms with van der Waals surface area (Å²) in [5, 5.41) is 2.64. The van der Waals surface area contributed by atoms with Crippen LogP contribution in [0.1, 0.15) is 30.1 Å². The summed E-state index contributed by atoms with van der Waals surface area (Å²) in [6, 6.07) is 6.35. The van der Waals surface area contributed by atoms with Gasteiger partial charge in [0, 0.05) is 25.2 Å². The van der Waals surface area contributed by atoms with Gasteiger partial charge in [-0.15, -0.1) is 0 Å². The zero-order valence-electron chi connectivity index (χ0n) is 13.5. The van der Waals surface area contributed by atoms with Crippen molar-refractivity contribution >= 4 is 27.6 Å². The number of ether oxygens (including phenoxy) is 1. The van der Waals surface area contributed by atoms with E-state index >= 15 is 0 Å². The van der Waals surface area contributed by atoms with Gasteiger partial charge in [0.25, 0.3) is 0 Å². The molecule has 1 amide bonds. The van der Waals surface area contributed by atoms with Crippen molar-refractivity contribution < 1.29 is 22.7 Å². The third-order valence-corrected chi connectivity index (χ3v) is 4.40. The van der Waals surface area contributed by atoms with Crippen LogP contribution in [0.3, 0.4) is 0 Å². The van der Waals surface area contributed by atoms with Crippen LogP contribution in [0.2, 0.25) is 0 Å². The van der Waals surface area contributed by atoms with Crippen molar-refractivity contribution in [1.29, 1.82) is 0 Å². The summed E-state index contributed by atoms with van der Waals surface area (Å²) < 4.78 is 29.1. The highest BCUT2D eigenvalue weighted by Crippen LogP contribution is 2.12. The molecule has 0 fully saturated rings. The van der Waals surface area contributed by atoms with Crippen LogP contribution in [0.25, 0.3) is 0 Å². The lowest BCUT2D eigenvalue weighted by Crippen LogP contribution is -2.33. The molecule has 0 saturated heterocycles. The van der Waals surface area contributed by atoms with E-state index < -0.39 is 16.0 Å². The molecular formula is C15H22N2O5S. The molecule has 7 nitrogen and oxygen atoms in total. The zero-order chi connectivity index (χ0) is 17.5. The molecule has 0 aromatic heterocycles. The lowest BCUT2D eigenvalue weighted by molar-refractivity contribution is -0.116. The van der Waals surface area contributed by atoms with Crippen LogP contribution in [0.15, 0.2) is 24.3 Å². The molecule has 1 aromatic carbocycles. The summed E-state index contributed by atoms with van der Waals surface area (Å²) in [6.07, 6.45) is 1.84. The number of rotatable bonds is 8. The van der Waals surface area contributed by atoms with Gasteiger partial charge >= 0.3 is 5.97 Å². The lowest BCUT2D eigenvalue weighted by Gasteiger charge is -2.18. The maximum absolute atomic E-state index is 12.0. The van der Waals surface area contributed by atoms with Crippen molar-refractivity contribution in [3.8, 4) is 0 Å². The van der Waals surface area contributed by atoms with E-state index in [1.165, 1.54) is 17.5 Å². The molecule has 128 valence electrons. The first-order chi connectivity index (χ1) is 10.8. The molecule has 0 bridgehead atoms. The van der Waals surface area contributed by atoms with E-state index in [1.54, 1.807) is 18.2 Å². The summed E-state index contributed by atoms with van der Waals surface area (Å²) in [4.78, 5) is 23.4. The molecule has 1 rings (SSSR count). The standard InChI is InChI=1S/C15H22N2O5S/c1-4-9-17(23(3,20)21)10-8-14(18)16-13-7-5-6-12(11-13)15(19)22-2/h5-7,11H,4,8-10H2,1-3H3,(H,16,18). The van der Waals surface area contributed by atoms with Crippen molar-refractivity contribution in [3.63, 3.8) is 0 Å².